The molecule has 1 aromatic rings. The summed E-state index contributed by atoms with van der Waals surface area (Å²) in [5, 5.41) is 5.67. The van der Waals surface area contributed by atoms with Gasteiger partial charge in [-0.1, -0.05) is 0 Å². The molecule has 2 atom stereocenters. The fourth-order valence-electron chi connectivity index (χ4n) is 2.28. The summed E-state index contributed by atoms with van der Waals surface area (Å²) in [5.74, 6) is -0.297. The number of hydrogen-bond acceptors (Lipinski definition) is 3. The Balaban J connectivity index is 1.99. The number of carbonyl (C=O) groups is 2. The number of aryl methyl sites for hydroxylation is 2. The molecule has 0 radical (unpaired) electrons. The van der Waals surface area contributed by atoms with E-state index in [1.165, 1.54) is 15.3 Å². The average Bonchev–Trinajstić information content (AvgIpc) is 2.84. The number of thiophene rings is 1. The van der Waals surface area contributed by atoms with Gasteiger partial charge in [0, 0.05) is 22.7 Å². The lowest BCUT2D eigenvalue weighted by atomic mass is 10.1. The second-order valence-corrected chi connectivity index (χ2v) is 6.26. The van der Waals surface area contributed by atoms with E-state index in [-0.39, 0.29) is 23.8 Å². The Morgan fingerprint density at radius 3 is 2.78 bits per heavy atom. The van der Waals surface area contributed by atoms with Crippen LogP contribution in [0.2, 0.25) is 0 Å². The molecule has 0 aliphatic carbocycles. The van der Waals surface area contributed by atoms with E-state index in [9.17, 15) is 9.59 Å². The molecule has 4 nitrogen and oxygen atoms in total. The molecule has 1 aliphatic rings. The molecule has 2 N–H and O–H groups in total. The molecular formula is C13H18N2O2S. The molecule has 1 aromatic heterocycles. The first-order chi connectivity index (χ1) is 8.47. The maximum absolute atomic E-state index is 12.0. The van der Waals surface area contributed by atoms with Gasteiger partial charge in [0.25, 0.3) is 0 Å². The van der Waals surface area contributed by atoms with E-state index in [0.717, 1.165) is 0 Å². The van der Waals surface area contributed by atoms with Gasteiger partial charge in [0.15, 0.2) is 0 Å². The Morgan fingerprint density at radius 1 is 1.56 bits per heavy atom. The maximum atomic E-state index is 12.0. The Bertz CT molecular complexity index is 481. The molecule has 18 heavy (non-hydrogen) atoms. The molecular weight excluding hydrogens is 248 g/mol. The minimum Gasteiger partial charge on any atom is -0.355 e. The smallest absolute Gasteiger partial charge is 0.225 e. The largest absolute Gasteiger partial charge is 0.355 e. The van der Waals surface area contributed by atoms with E-state index in [1.54, 1.807) is 11.3 Å². The lowest BCUT2D eigenvalue weighted by Gasteiger charge is -2.16. The lowest BCUT2D eigenvalue weighted by molar-refractivity contribution is -0.127. The summed E-state index contributed by atoms with van der Waals surface area (Å²) >= 11 is 1.74. The van der Waals surface area contributed by atoms with E-state index < -0.39 is 0 Å². The number of hydrogen-bond donors (Lipinski definition) is 2. The molecule has 2 amide bonds. The molecule has 0 unspecified atom stereocenters. The normalized spacial score (nSPS) is 20.6. The van der Waals surface area contributed by atoms with Crippen LogP contribution in [0.3, 0.4) is 0 Å². The summed E-state index contributed by atoms with van der Waals surface area (Å²) in [4.78, 5) is 25.6. The predicted octanol–water partition coefficient (Wildman–Crippen LogP) is 1.68. The van der Waals surface area contributed by atoms with Crippen molar-refractivity contribution < 1.29 is 9.59 Å². The van der Waals surface area contributed by atoms with Crippen LogP contribution in [0.15, 0.2) is 6.07 Å². The van der Waals surface area contributed by atoms with Crippen LogP contribution in [-0.2, 0) is 9.59 Å². The zero-order chi connectivity index (χ0) is 13.3. The first-order valence-corrected chi connectivity index (χ1v) is 6.93. The lowest BCUT2D eigenvalue weighted by Crippen LogP contribution is -2.33. The Morgan fingerprint density at radius 2 is 2.28 bits per heavy atom. The van der Waals surface area contributed by atoms with Crippen molar-refractivity contribution in [1.29, 1.82) is 0 Å². The quantitative estimate of drug-likeness (QED) is 0.874. The topological polar surface area (TPSA) is 58.2 Å². The molecule has 5 heteroatoms. The molecule has 2 heterocycles. The van der Waals surface area contributed by atoms with Crippen molar-refractivity contribution in [1.82, 2.24) is 10.6 Å². The monoisotopic (exact) mass is 266 g/mol. The number of rotatable bonds is 3. The molecule has 1 aliphatic heterocycles. The van der Waals surface area contributed by atoms with E-state index in [0.29, 0.717) is 13.0 Å². The van der Waals surface area contributed by atoms with Gasteiger partial charge in [-0.2, -0.15) is 0 Å². The minimum absolute atomic E-state index is 0.00171. The van der Waals surface area contributed by atoms with Crippen LogP contribution >= 0.6 is 11.3 Å². The van der Waals surface area contributed by atoms with Crippen molar-refractivity contribution in [3.05, 3.63) is 21.4 Å². The van der Waals surface area contributed by atoms with Crippen LogP contribution in [0.25, 0.3) is 0 Å². The van der Waals surface area contributed by atoms with Crippen LogP contribution in [0.1, 0.15) is 34.7 Å². The summed E-state index contributed by atoms with van der Waals surface area (Å²) in [5.41, 5.74) is 1.17. The Labute approximate surface area is 111 Å². The maximum Gasteiger partial charge on any atom is 0.225 e. The van der Waals surface area contributed by atoms with E-state index in [2.05, 4.69) is 30.5 Å². The highest BCUT2D eigenvalue weighted by molar-refractivity contribution is 7.12. The van der Waals surface area contributed by atoms with E-state index in [1.807, 2.05) is 6.92 Å². The van der Waals surface area contributed by atoms with Crippen LogP contribution in [0.4, 0.5) is 0 Å². The second kappa shape index (κ2) is 5.10. The summed E-state index contributed by atoms with van der Waals surface area (Å²) < 4.78 is 0. The van der Waals surface area contributed by atoms with Gasteiger partial charge in [-0.3, -0.25) is 9.59 Å². The second-order valence-electron chi connectivity index (χ2n) is 4.80. The average molecular weight is 266 g/mol. The number of nitrogens with one attached hydrogen (secondary N) is 2. The third-order valence-electron chi connectivity index (χ3n) is 3.25. The molecule has 1 fully saturated rings. The fourth-order valence-corrected chi connectivity index (χ4v) is 3.30. The van der Waals surface area contributed by atoms with Gasteiger partial charge >= 0.3 is 0 Å². The zero-order valence-corrected chi connectivity index (χ0v) is 11.7. The van der Waals surface area contributed by atoms with Crippen LogP contribution in [0, 0.1) is 19.8 Å². The van der Waals surface area contributed by atoms with E-state index in [4.69, 9.17) is 0 Å². The Kier molecular flexibility index (Phi) is 3.71. The summed E-state index contributed by atoms with van der Waals surface area (Å²) in [7, 11) is 0. The molecule has 98 valence electrons. The summed E-state index contributed by atoms with van der Waals surface area (Å²) in [6.45, 7) is 6.57. The SMILES string of the molecule is Cc1cc([C@H](C)NC(=O)[C@@H]2CNC(=O)C2)c(C)s1. The van der Waals surface area contributed by atoms with Crippen LogP contribution in [-0.4, -0.2) is 18.4 Å². The van der Waals surface area contributed by atoms with Gasteiger partial charge in [-0.25, -0.2) is 0 Å². The molecule has 2 rings (SSSR count). The van der Waals surface area contributed by atoms with Crippen molar-refractivity contribution in [3.8, 4) is 0 Å². The van der Waals surface area contributed by atoms with Gasteiger partial charge in [0.05, 0.1) is 12.0 Å². The summed E-state index contributed by atoms with van der Waals surface area (Å²) in [6.07, 6.45) is 0.306. The van der Waals surface area contributed by atoms with Gasteiger partial charge in [-0.15, -0.1) is 11.3 Å². The van der Waals surface area contributed by atoms with Crippen molar-refractivity contribution in [2.45, 2.75) is 33.2 Å². The third-order valence-corrected chi connectivity index (χ3v) is 4.23. The van der Waals surface area contributed by atoms with Crippen LogP contribution < -0.4 is 10.6 Å². The summed E-state index contributed by atoms with van der Waals surface area (Å²) in [6, 6.07) is 2.11. The van der Waals surface area contributed by atoms with Gasteiger partial charge < -0.3 is 10.6 Å². The van der Waals surface area contributed by atoms with Gasteiger partial charge in [0.1, 0.15) is 0 Å². The zero-order valence-electron chi connectivity index (χ0n) is 10.9. The molecule has 0 spiro atoms. The Hall–Kier alpha value is -1.36. The van der Waals surface area contributed by atoms with Crippen molar-refractivity contribution >= 4 is 23.2 Å². The number of carbonyl (C=O) groups excluding carboxylic acids is 2. The predicted molar refractivity (Wildman–Crippen MR) is 71.5 cm³/mol. The molecule has 1 saturated heterocycles. The molecule has 0 saturated carbocycles. The number of amides is 2. The van der Waals surface area contributed by atoms with Crippen molar-refractivity contribution in [2.24, 2.45) is 5.92 Å². The standard InChI is InChI=1S/C13H18N2O2S/c1-7-4-11(9(3)18-7)8(2)15-13(17)10-5-12(16)14-6-10/h4,8,10H,5-6H2,1-3H3,(H,14,16)(H,15,17)/t8-,10-/m0/s1. The minimum atomic E-state index is -0.222. The van der Waals surface area contributed by atoms with Gasteiger partial charge in [-0.05, 0) is 32.4 Å². The highest BCUT2D eigenvalue weighted by atomic mass is 32.1. The first kappa shape index (κ1) is 13.1. The highest BCUT2D eigenvalue weighted by Gasteiger charge is 2.29. The van der Waals surface area contributed by atoms with Crippen molar-refractivity contribution in [2.75, 3.05) is 6.54 Å². The van der Waals surface area contributed by atoms with Gasteiger partial charge in [0.2, 0.25) is 11.8 Å². The molecule has 0 aromatic carbocycles. The van der Waals surface area contributed by atoms with Crippen LogP contribution in [0.5, 0.6) is 0 Å². The first-order valence-electron chi connectivity index (χ1n) is 6.11. The highest BCUT2D eigenvalue weighted by Crippen LogP contribution is 2.26. The molecule has 0 bridgehead atoms. The third kappa shape index (κ3) is 2.72. The van der Waals surface area contributed by atoms with E-state index >= 15 is 0 Å². The van der Waals surface area contributed by atoms with Crippen molar-refractivity contribution in [3.63, 3.8) is 0 Å². The fraction of sp³-hybridized carbons (Fsp3) is 0.538.